The molecule has 2 aromatic heterocycles. The van der Waals surface area contributed by atoms with Gasteiger partial charge < -0.3 is 5.73 Å². The predicted octanol–water partition coefficient (Wildman–Crippen LogP) is 1.52. The van der Waals surface area contributed by atoms with Crippen molar-refractivity contribution >= 4 is 27.3 Å². The molecule has 0 fully saturated rings. The highest BCUT2D eigenvalue weighted by molar-refractivity contribution is 9.11. The van der Waals surface area contributed by atoms with Crippen molar-refractivity contribution in [2.24, 2.45) is 5.73 Å². The number of nitriles is 1. The lowest BCUT2D eigenvalue weighted by Gasteiger charge is -2.12. The molecule has 82 valence electrons. The standard InChI is InChI=1S/C9H8BrN5S/c10-8-2-1-7(16-8)6(3-11)15-5-13-9(4-12)14-15/h1-2,5-6H,3,11H2. The van der Waals surface area contributed by atoms with E-state index in [1.807, 2.05) is 18.2 Å². The summed E-state index contributed by atoms with van der Waals surface area (Å²) >= 11 is 5.00. The largest absolute Gasteiger partial charge is 0.328 e. The Balaban J connectivity index is 2.33. The average molecular weight is 298 g/mol. The van der Waals surface area contributed by atoms with Gasteiger partial charge in [0.1, 0.15) is 18.4 Å². The maximum absolute atomic E-state index is 8.66. The summed E-state index contributed by atoms with van der Waals surface area (Å²) in [5.74, 6) is 0.161. The van der Waals surface area contributed by atoms with Crippen molar-refractivity contribution in [3.05, 3.63) is 32.9 Å². The fourth-order valence-electron chi connectivity index (χ4n) is 1.34. The summed E-state index contributed by atoms with van der Waals surface area (Å²) < 4.78 is 2.66. The maximum Gasteiger partial charge on any atom is 0.252 e. The molecule has 1 atom stereocenters. The zero-order valence-corrected chi connectivity index (χ0v) is 10.6. The van der Waals surface area contributed by atoms with Crippen LogP contribution >= 0.6 is 27.3 Å². The van der Waals surface area contributed by atoms with Gasteiger partial charge in [-0.25, -0.2) is 9.67 Å². The molecule has 2 N–H and O–H groups in total. The van der Waals surface area contributed by atoms with Gasteiger partial charge in [-0.1, -0.05) is 0 Å². The number of hydrogen-bond donors (Lipinski definition) is 1. The Kier molecular flexibility index (Phi) is 3.33. The van der Waals surface area contributed by atoms with Gasteiger partial charge in [0.25, 0.3) is 5.82 Å². The van der Waals surface area contributed by atoms with Crippen molar-refractivity contribution in [1.82, 2.24) is 14.8 Å². The number of thiophene rings is 1. The molecule has 0 aliphatic carbocycles. The number of rotatable bonds is 3. The van der Waals surface area contributed by atoms with E-state index in [-0.39, 0.29) is 11.9 Å². The molecule has 0 saturated carbocycles. The summed E-state index contributed by atoms with van der Waals surface area (Å²) in [7, 11) is 0. The van der Waals surface area contributed by atoms with E-state index in [2.05, 4.69) is 26.0 Å². The molecule has 0 spiro atoms. The van der Waals surface area contributed by atoms with Crippen molar-refractivity contribution in [2.45, 2.75) is 6.04 Å². The summed E-state index contributed by atoms with van der Waals surface area (Å²) in [5, 5.41) is 12.7. The molecule has 0 aliphatic heterocycles. The van der Waals surface area contributed by atoms with Crippen LogP contribution < -0.4 is 5.73 Å². The molecule has 2 heterocycles. The quantitative estimate of drug-likeness (QED) is 0.931. The normalized spacial score (nSPS) is 12.3. The summed E-state index contributed by atoms with van der Waals surface area (Å²) in [6, 6.07) is 5.78. The molecule has 0 radical (unpaired) electrons. The van der Waals surface area contributed by atoms with E-state index in [9.17, 15) is 0 Å². The lowest BCUT2D eigenvalue weighted by Crippen LogP contribution is -2.20. The van der Waals surface area contributed by atoms with Crippen LogP contribution in [0.5, 0.6) is 0 Å². The number of nitrogens with two attached hydrogens (primary N) is 1. The van der Waals surface area contributed by atoms with E-state index in [1.165, 1.54) is 6.33 Å². The van der Waals surface area contributed by atoms with Gasteiger partial charge >= 0.3 is 0 Å². The molecule has 7 heteroatoms. The number of hydrogen-bond acceptors (Lipinski definition) is 5. The molecule has 0 aromatic carbocycles. The third-order valence-corrected chi connectivity index (χ3v) is 3.80. The first-order chi connectivity index (χ1) is 7.74. The third-order valence-electron chi connectivity index (χ3n) is 2.07. The first kappa shape index (κ1) is 11.3. The van der Waals surface area contributed by atoms with Crippen molar-refractivity contribution < 1.29 is 0 Å². The predicted molar refractivity (Wildman–Crippen MR) is 63.9 cm³/mol. The molecule has 5 nitrogen and oxygen atoms in total. The number of nitrogens with zero attached hydrogens (tertiary/aromatic N) is 4. The highest BCUT2D eigenvalue weighted by Gasteiger charge is 2.15. The van der Waals surface area contributed by atoms with E-state index < -0.39 is 0 Å². The topological polar surface area (TPSA) is 80.5 Å². The summed E-state index contributed by atoms with van der Waals surface area (Å²) in [5.41, 5.74) is 5.72. The van der Waals surface area contributed by atoms with Gasteiger partial charge in [0.05, 0.1) is 3.79 Å². The summed E-state index contributed by atoms with van der Waals surface area (Å²) in [4.78, 5) is 4.95. The zero-order chi connectivity index (χ0) is 11.5. The van der Waals surface area contributed by atoms with Crippen LogP contribution in [0, 0.1) is 11.3 Å². The van der Waals surface area contributed by atoms with Crippen molar-refractivity contribution in [3.8, 4) is 6.07 Å². The fourth-order valence-corrected chi connectivity index (χ4v) is 2.87. The van der Waals surface area contributed by atoms with Crippen LogP contribution in [-0.2, 0) is 0 Å². The van der Waals surface area contributed by atoms with Crippen LogP contribution in [0.2, 0.25) is 0 Å². The Morgan fingerprint density at radius 2 is 2.44 bits per heavy atom. The minimum atomic E-state index is -0.0640. The molecule has 1 unspecified atom stereocenters. The van der Waals surface area contributed by atoms with Gasteiger partial charge in [-0.3, -0.25) is 0 Å². The van der Waals surface area contributed by atoms with E-state index in [4.69, 9.17) is 11.0 Å². The molecule has 0 aliphatic rings. The van der Waals surface area contributed by atoms with Crippen LogP contribution in [0.15, 0.2) is 22.2 Å². The summed E-state index contributed by atoms with van der Waals surface area (Å²) in [6.45, 7) is 0.418. The Bertz CT molecular complexity index is 526. The van der Waals surface area contributed by atoms with Crippen LogP contribution in [0.25, 0.3) is 0 Å². The van der Waals surface area contributed by atoms with Crippen molar-refractivity contribution in [3.63, 3.8) is 0 Å². The second-order valence-electron chi connectivity index (χ2n) is 3.05. The van der Waals surface area contributed by atoms with E-state index in [1.54, 1.807) is 16.0 Å². The average Bonchev–Trinajstić information content (AvgIpc) is 2.89. The van der Waals surface area contributed by atoms with Gasteiger partial charge in [-0.15, -0.1) is 16.4 Å². The molecule has 2 rings (SSSR count). The Labute approximate surface area is 105 Å². The highest BCUT2D eigenvalue weighted by atomic mass is 79.9. The van der Waals surface area contributed by atoms with Gasteiger partial charge in [0.2, 0.25) is 0 Å². The van der Waals surface area contributed by atoms with Crippen LogP contribution in [-0.4, -0.2) is 21.3 Å². The SMILES string of the molecule is N#Cc1ncn(C(CN)c2ccc(Br)s2)n1. The van der Waals surface area contributed by atoms with Gasteiger partial charge in [0.15, 0.2) is 0 Å². The monoisotopic (exact) mass is 297 g/mol. The van der Waals surface area contributed by atoms with Gasteiger partial charge in [-0.2, -0.15) is 5.26 Å². The zero-order valence-electron chi connectivity index (χ0n) is 8.17. The fraction of sp³-hybridized carbons (Fsp3) is 0.222. The first-order valence-corrected chi connectivity index (χ1v) is 6.12. The first-order valence-electron chi connectivity index (χ1n) is 4.51. The van der Waals surface area contributed by atoms with Crippen molar-refractivity contribution in [1.29, 1.82) is 5.26 Å². The molecule has 2 aromatic rings. The molecule has 0 amide bonds. The van der Waals surface area contributed by atoms with Crippen LogP contribution in [0.3, 0.4) is 0 Å². The lowest BCUT2D eigenvalue weighted by molar-refractivity contribution is 0.537. The maximum atomic E-state index is 8.66. The minimum Gasteiger partial charge on any atom is -0.328 e. The molecular weight excluding hydrogens is 290 g/mol. The molecule has 0 saturated heterocycles. The Morgan fingerprint density at radius 1 is 1.62 bits per heavy atom. The van der Waals surface area contributed by atoms with Gasteiger partial charge in [-0.05, 0) is 28.1 Å². The van der Waals surface area contributed by atoms with Crippen LogP contribution in [0.4, 0.5) is 0 Å². The molecule has 16 heavy (non-hydrogen) atoms. The van der Waals surface area contributed by atoms with E-state index in [0.29, 0.717) is 6.54 Å². The Morgan fingerprint density at radius 3 is 2.94 bits per heavy atom. The molecule has 0 bridgehead atoms. The second-order valence-corrected chi connectivity index (χ2v) is 5.55. The minimum absolute atomic E-state index is 0.0640. The molecular formula is C9H8BrN5S. The lowest BCUT2D eigenvalue weighted by atomic mass is 10.2. The third kappa shape index (κ3) is 2.14. The van der Waals surface area contributed by atoms with Crippen molar-refractivity contribution in [2.75, 3.05) is 6.54 Å². The van der Waals surface area contributed by atoms with E-state index >= 15 is 0 Å². The van der Waals surface area contributed by atoms with E-state index in [0.717, 1.165) is 8.66 Å². The second kappa shape index (κ2) is 4.74. The number of halogens is 1. The number of aromatic nitrogens is 3. The van der Waals surface area contributed by atoms with Gasteiger partial charge in [0, 0.05) is 11.4 Å². The van der Waals surface area contributed by atoms with Crippen LogP contribution in [0.1, 0.15) is 16.7 Å². The smallest absolute Gasteiger partial charge is 0.252 e. The Hall–Kier alpha value is -1.23. The highest BCUT2D eigenvalue weighted by Crippen LogP contribution is 2.28. The summed E-state index contributed by atoms with van der Waals surface area (Å²) in [6.07, 6.45) is 1.53.